The van der Waals surface area contributed by atoms with Gasteiger partial charge in [-0.2, -0.15) is 0 Å². The van der Waals surface area contributed by atoms with E-state index in [0.29, 0.717) is 5.41 Å². The maximum Gasteiger partial charge on any atom is 0.254 e. The Hall–Kier alpha value is -1.94. The summed E-state index contributed by atoms with van der Waals surface area (Å²) in [5.41, 5.74) is 4.70. The summed E-state index contributed by atoms with van der Waals surface area (Å²) in [5, 5.41) is 0. The lowest BCUT2D eigenvalue weighted by Gasteiger charge is -2.21. The molecule has 138 valence electrons. The first-order valence-electron chi connectivity index (χ1n) is 9.95. The standard InChI is InChI=1S/C22H29N3O/c1-22(2)12-13-25(15-22)14-16-8-6-7-9-17(16)20-23-19-11-5-3-4-10-18(19)21(26)24-20/h6-9H,3-5,10-15H2,1-2H3,(H,23,24,26). The van der Waals surface area contributed by atoms with Gasteiger partial charge in [0.2, 0.25) is 0 Å². The van der Waals surface area contributed by atoms with Gasteiger partial charge in [-0.1, -0.05) is 44.5 Å². The summed E-state index contributed by atoms with van der Waals surface area (Å²) >= 11 is 0. The zero-order valence-corrected chi connectivity index (χ0v) is 16.0. The van der Waals surface area contributed by atoms with Gasteiger partial charge in [0.1, 0.15) is 5.82 Å². The lowest BCUT2D eigenvalue weighted by atomic mass is 9.93. The largest absolute Gasteiger partial charge is 0.306 e. The molecule has 2 aromatic rings. The molecule has 2 heterocycles. The van der Waals surface area contributed by atoms with E-state index in [1.807, 2.05) is 6.07 Å². The van der Waals surface area contributed by atoms with Gasteiger partial charge in [-0.05, 0) is 49.6 Å². The van der Waals surface area contributed by atoms with Crippen LogP contribution in [-0.2, 0) is 19.4 Å². The molecule has 0 atom stereocenters. The molecule has 0 unspecified atom stereocenters. The van der Waals surface area contributed by atoms with Crippen molar-refractivity contribution in [2.45, 2.75) is 58.9 Å². The zero-order valence-electron chi connectivity index (χ0n) is 16.0. The zero-order chi connectivity index (χ0) is 18.1. The van der Waals surface area contributed by atoms with Crippen LogP contribution in [0.25, 0.3) is 11.4 Å². The molecule has 1 aliphatic carbocycles. The molecular weight excluding hydrogens is 322 g/mol. The van der Waals surface area contributed by atoms with Gasteiger partial charge in [-0.15, -0.1) is 0 Å². The molecule has 1 aromatic heterocycles. The van der Waals surface area contributed by atoms with Gasteiger partial charge in [-0.25, -0.2) is 4.98 Å². The summed E-state index contributed by atoms with van der Waals surface area (Å²) in [6.07, 6.45) is 6.44. The molecule has 0 saturated carbocycles. The van der Waals surface area contributed by atoms with Crippen LogP contribution in [0.3, 0.4) is 0 Å². The summed E-state index contributed by atoms with van der Waals surface area (Å²) in [6.45, 7) is 7.85. The summed E-state index contributed by atoms with van der Waals surface area (Å²) in [7, 11) is 0. The Balaban J connectivity index is 1.67. The van der Waals surface area contributed by atoms with Crippen LogP contribution >= 0.6 is 0 Å². The fourth-order valence-electron chi connectivity index (χ4n) is 4.40. The fraction of sp³-hybridized carbons (Fsp3) is 0.545. The molecular formula is C22H29N3O. The Kier molecular flexibility index (Phi) is 4.70. The van der Waals surface area contributed by atoms with Crippen molar-refractivity contribution < 1.29 is 0 Å². The van der Waals surface area contributed by atoms with Crippen molar-refractivity contribution in [2.24, 2.45) is 5.41 Å². The van der Waals surface area contributed by atoms with Crippen LogP contribution in [0, 0.1) is 5.41 Å². The van der Waals surface area contributed by atoms with E-state index >= 15 is 0 Å². The van der Waals surface area contributed by atoms with Crippen LogP contribution in [0.2, 0.25) is 0 Å². The first-order valence-corrected chi connectivity index (χ1v) is 9.95. The number of nitrogens with zero attached hydrogens (tertiary/aromatic N) is 2. The van der Waals surface area contributed by atoms with Crippen molar-refractivity contribution in [1.29, 1.82) is 0 Å². The van der Waals surface area contributed by atoms with E-state index in [0.717, 1.165) is 68.0 Å². The smallest absolute Gasteiger partial charge is 0.254 e. The van der Waals surface area contributed by atoms with E-state index < -0.39 is 0 Å². The fourth-order valence-corrected chi connectivity index (χ4v) is 4.40. The number of aryl methyl sites for hydroxylation is 1. The molecule has 0 spiro atoms. The summed E-state index contributed by atoms with van der Waals surface area (Å²) in [4.78, 5) is 23.1. The first kappa shape index (κ1) is 17.5. The maximum atomic E-state index is 12.6. The van der Waals surface area contributed by atoms with E-state index in [9.17, 15) is 4.79 Å². The average Bonchev–Trinajstić information content (AvgIpc) is 2.81. The number of H-pyrrole nitrogens is 1. The molecule has 0 amide bonds. The second-order valence-corrected chi connectivity index (χ2v) is 8.68. The first-order chi connectivity index (χ1) is 12.5. The quantitative estimate of drug-likeness (QED) is 0.852. The van der Waals surface area contributed by atoms with Crippen LogP contribution in [0.15, 0.2) is 29.1 Å². The summed E-state index contributed by atoms with van der Waals surface area (Å²) < 4.78 is 0. The van der Waals surface area contributed by atoms with E-state index in [4.69, 9.17) is 4.98 Å². The molecule has 26 heavy (non-hydrogen) atoms. The molecule has 4 nitrogen and oxygen atoms in total. The SMILES string of the molecule is CC1(C)CCN(Cc2ccccc2-c2nc3c(c(=O)[nH]2)CCCCC3)C1. The van der Waals surface area contributed by atoms with Crippen LogP contribution < -0.4 is 5.56 Å². The highest BCUT2D eigenvalue weighted by Crippen LogP contribution is 2.31. The van der Waals surface area contributed by atoms with Gasteiger partial charge < -0.3 is 4.98 Å². The third-order valence-electron chi connectivity index (χ3n) is 5.86. The van der Waals surface area contributed by atoms with Crippen molar-refractivity contribution in [3.63, 3.8) is 0 Å². The van der Waals surface area contributed by atoms with E-state index in [1.165, 1.54) is 18.4 Å². The minimum absolute atomic E-state index is 0.0593. The number of hydrogen-bond donors (Lipinski definition) is 1. The number of nitrogens with one attached hydrogen (secondary N) is 1. The molecule has 4 rings (SSSR count). The topological polar surface area (TPSA) is 49.0 Å². The number of rotatable bonds is 3. The Bertz CT molecular complexity index is 853. The molecule has 2 aliphatic rings. The van der Waals surface area contributed by atoms with Crippen molar-refractivity contribution >= 4 is 0 Å². The molecule has 1 saturated heterocycles. The molecule has 1 N–H and O–H groups in total. The number of benzene rings is 1. The van der Waals surface area contributed by atoms with Crippen LogP contribution in [0.1, 0.15) is 56.4 Å². The van der Waals surface area contributed by atoms with Crippen LogP contribution in [-0.4, -0.2) is 28.0 Å². The third-order valence-corrected chi connectivity index (χ3v) is 5.86. The third kappa shape index (κ3) is 3.61. The number of fused-ring (bicyclic) bond motifs is 1. The molecule has 4 heteroatoms. The van der Waals surface area contributed by atoms with E-state index in [-0.39, 0.29) is 5.56 Å². The van der Waals surface area contributed by atoms with Gasteiger partial charge in [0.15, 0.2) is 0 Å². The monoisotopic (exact) mass is 351 g/mol. The Morgan fingerprint density at radius 1 is 1.15 bits per heavy atom. The second-order valence-electron chi connectivity index (χ2n) is 8.68. The predicted molar refractivity (Wildman–Crippen MR) is 105 cm³/mol. The lowest BCUT2D eigenvalue weighted by Crippen LogP contribution is -2.23. The van der Waals surface area contributed by atoms with Gasteiger partial charge in [-0.3, -0.25) is 9.69 Å². The predicted octanol–water partition coefficient (Wildman–Crippen LogP) is 3.94. The van der Waals surface area contributed by atoms with Crippen LogP contribution in [0.5, 0.6) is 0 Å². The second kappa shape index (κ2) is 6.99. The molecule has 1 aromatic carbocycles. The van der Waals surface area contributed by atoms with Gasteiger partial charge in [0.25, 0.3) is 5.56 Å². The van der Waals surface area contributed by atoms with E-state index in [1.54, 1.807) is 0 Å². The minimum Gasteiger partial charge on any atom is -0.306 e. The van der Waals surface area contributed by atoms with Crippen molar-refractivity contribution in [3.8, 4) is 11.4 Å². The highest BCUT2D eigenvalue weighted by Gasteiger charge is 2.29. The Morgan fingerprint density at radius 2 is 1.96 bits per heavy atom. The summed E-state index contributed by atoms with van der Waals surface area (Å²) in [6, 6.07) is 8.39. The molecule has 0 bridgehead atoms. The van der Waals surface area contributed by atoms with Gasteiger partial charge in [0, 0.05) is 24.2 Å². The Labute approximate surface area is 155 Å². The number of hydrogen-bond acceptors (Lipinski definition) is 3. The molecule has 1 fully saturated rings. The van der Waals surface area contributed by atoms with Crippen molar-refractivity contribution in [1.82, 2.24) is 14.9 Å². The number of aromatic amines is 1. The molecule has 1 aliphatic heterocycles. The highest BCUT2D eigenvalue weighted by atomic mass is 16.1. The van der Waals surface area contributed by atoms with Crippen molar-refractivity contribution in [3.05, 3.63) is 51.4 Å². The van der Waals surface area contributed by atoms with Crippen LogP contribution in [0.4, 0.5) is 0 Å². The normalized spacial score (nSPS) is 19.9. The number of likely N-dealkylation sites (tertiary alicyclic amines) is 1. The summed E-state index contributed by atoms with van der Waals surface area (Å²) in [5.74, 6) is 0.740. The maximum absolute atomic E-state index is 12.6. The van der Waals surface area contributed by atoms with Crippen molar-refractivity contribution in [2.75, 3.05) is 13.1 Å². The van der Waals surface area contributed by atoms with E-state index in [2.05, 4.69) is 41.9 Å². The number of aromatic nitrogens is 2. The molecule has 0 radical (unpaired) electrons. The average molecular weight is 351 g/mol. The Morgan fingerprint density at radius 3 is 2.77 bits per heavy atom. The minimum atomic E-state index is 0.0593. The van der Waals surface area contributed by atoms with Gasteiger partial charge in [0.05, 0.1) is 5.69 Å². The highest BCUT2D eigenvalue weighted by molar-refractivity contribution is 5.60. The van der Waals surface area contributed by atoms with Gasteiger partial charge >= 0.3 is 0 Å². The lowest BCUT2D eigenvalue weighted by molar-refractivity contribution is 0.284.